The summed E-state index contributed by atoms with van der Waals surface area (Å²) in [5.74, 6) is 2.20. The molecular weight excluding hydrogens is 212 g/mol. The van der Waals surface area contributed by atoms with Crippen molar-refractivity contribution in [2.45, 2.75) is 26.4 Å². The van der Waals surface area contributed by atoms with Crippen LogP contribution in [0.4, 0.5) is 0 Å². The highest BCUT2D eigenvalue weighted by molar-refractivity contribution is 6.17. The summed E-state index contributed by atoms with van der Waals surface area (Å²) in [7, 11) is 0. The lowest BCUT2D eigenvalue weighted by Crippen LogP contribution is -2.07. The highest BCUT2D eigenvalue weighted by Crippen LogP contribution is 2.27. The summed E-state index contributed by atoms with van der Waals surface area (Å²) in [6, 6.07) is 7.69. The summed E-state index contributed by atoms with van der Waals surface area (Å²) < 4.78 is 11.2. The van der Waals surface area contributed by atoms with Crippen molar-refractivity contribution in [3.05, 3.63) is 24.3 Å². The minimum absolute atomic E-state index is 0.155. The van der Waals surface area contributed by atoms with Crippen LogP contribution in [-0.4, -0.2) is 18.6 Å². The quantitative estimate of drug-likeness (QED) is 0.548. The van der Waals surface area contributed by atoms with Gasteiger partial charge < -0.3 is 9.47 Å². The second-order valence-corrected chi connectivity index (χ2v) is 3.88. The fourth-order valence-corrected chi connectivity index (χ4v) is 1.27. The van der Waals surface area contributed by atoms with E-state index in [1.165, 1.54) is 0 Å². The molecule has 1 rings (SSSR count). The average Bonchev–Trinajstić information content (AvgIpc) is 2.20. The Morgan fingerprint density at radius 1 is 1.20 bits per heavy atom. The number of rotatable bonds is 6. The standard InChI is InChI=1S/C12H17ClO2/c1-10(2)15-12-7-4-3-6-11(12)14-9-5-8-13/h3-4,6-7,10H,5,8-9H2,1-2H3. The number of para-hydroxylation sites is 2. The molecule has 15 heavy (non-hydrogen) atoms. The number of ether oxygens (including phenoxy) is 2. The van der Waals surface area contributed by atoms with Gasteiger partial charge >= 0.3 is 0 Å². The SMILES string of the molecule is CC(C)Oc1ccccc1OCCCCl. The molecule has 1 aromatic rings. The van der Waals surface area contributed by atoms with Crippen molar-refractivity contribution >= 4 is 11.6 Å². The Morgan fingerprint density at radius 3 is 2.47 bits per heavy atom. The first-order chi connectivity index (χ1) is 7.24. The molecule has 0 aliphatic carbocycles. The van der Waals surface area contributed by atoms with Gasteiger partial charge in [0.25, 0.3) is 0 Å². The van der Waals surface area contributed by atoms with E-state index in [-0.39, 0.29) is 6.10 Å². The van der Waals surface area contributed by atoms with Gasteiger partial charge in [-0.15, -0.1) is 11.6 Å². The number of halogens is 1. The van der Waals surface area contributed by atoms with Crippen molar-refractivity contribution in [2.75, 3.05) is 12.5 Å². The fraction of sp³-hybridized carbons (Fsp3) is 0.500. The van der Waals surface area contributed by atoms with Gasteiger partial charge in [-0.05, 0) is 32.4 Å². The Labute approximate surface area is 96.2 Å². The van der Waals surface area contributed by atoms with E-state index >= 15 is 0 Å². The maximum atomic E-state index is 5.62. The average molecular weight is 229 g/mol. The number of hydrogen-bond donors (Lipinski definition) is 0. The molecule has 1 aromatic carbocycles. The first-order valence-electron chi connectivity index (χ1n) is 5.18. The molecule has 0 N–H and O–H groups in total. The van der Waals surface area contributed by atoms with Crippen LogP contribution in [0.1, 0.15) is 20.3 Å². The lowest BCUT2D eigenvalue weighted by molar-refractivity contribution is 0.221. The first-order valence-corrected chi connectivity index (χ1v) is 5.72. The monoisotopic (exact) mass is 228 g/mol. The van der Waals surface area contributed by atoms with Gasteiger partial charge in [0.1, 0.15) is 0 Å². The predicted molar refractivity (Wildman–Crippen MR) is 63.0 cm³/mol. The van der Waals surface area contributed by atoms with Crippen molar-refractivity contribution < 1.29 is 9.47 Å². The highest BCUT2D eigenvalue weighted by atomic mass is 35.5. The molecule has 2 nitrogen and oxygen atoms in total. The third-order valence-corrected chi connectivity index (χ3v) is 2.01. The van der Waals surface area contributed by atoms with Crippen molar-refractivity contribution in [3.8, 4) is 11.5 Å². The van der Waals surface area contributed by atoms with Crippen LogP contribution in [0.3, 0.4) is 0 Å². The van der Waals surface area contributed by atoms with Crippen molar-refractivity contribution in [2.24, 2.45) is 0 Å². The molecule has 0 aromatic heterocycles. The molecule has 0 fully saturated rings. The van der Waals surface area contributed by atoms with Crippen molar-refractivity contribution in [3.63, 3.8) is 0 Å². The van der Waals surface area contributed by atoms with Gasteiger partial charge in [0.15, 0.2) is 11.5 Å². The zero-order chi connectivity index (χ0) is 11.1. The molecule has 0 saturated carbocycles. The number of benzene rings is 1. The van der Waals surface area contributed by atoms with Gasteiger partial charge in [-0.1, -0.05) is 12.1 Å². The molecule has 3 heteroatoms. The zero-order valence-corrected chi connectivity index (χ0v) is 9.96. The minimum atomic E-state index is 0.155. The van der Waals surface area contributed by atoms with E-state index in [1.807, 2.05) is 38.1 Å². The van der Waals surface area contributed by atoms with E-state index in [0.717, 1.165) is 17.9 Å². The van der Waals surface area contributed by atoms with E-state index in [1.54, 1.807) is 0 Å². The summed E-state index contributed by atoms with van der Waals surface area (Å²) >= 11 is 5.58. The highest BCUT2D eigenvalue weighted by Gasteiger charge is 2.05. The fourth-order valence-electron chi connectivity index (χ4n) is 1.16. The van der Waals surface area contributed by atoms with Gasteiger partial charge in [0, 0.05) is 5.88 Å². The normalized spacial score (nSPS) is 10.4. The molecular formula is C12H17ClO2. The van der Waals surface area contributed by atoms with Gasteiger partial charge in [0.2, 0.25) is 0 Å². The van der Waals surface area contributed by atoms with Crippen LogP contribution >= 0.6 is 11.6 Å². The topological polar surface area (TPSA) is 18.5 Å². The second kappa shape index (κ2) is 6.57. The van der Waals surface area contributed by atoms with Crippen LogP contribution in [0.5, 0.6) is 11.5 Å². The van der Waals surface area contributed by atoms with Crippen LogP contribution < -0.4 is 9.47 Å². The largest absolute Gasteiger partial charge is 0.490 e. The van der Waals surface area contributed by atoms with Gasteiger partial charge in [0.05, 0.1) is 12.7 Å². The van der Waals surface area contributed by atoms with Crippen LogP contribution in [0.2, 0.25) is 0 Å². The molecule has 0 aliphatic heterocycles. The lowest BCUT2D eigenvalue weighted by atomic mass is 10.3. The van der Waals surface area contributed by atoms with E-state index in [0.29, 0.717) is 12.5 Å². The molecule has 0 saturated heterocycles. The van der Waals surface area contributed by atoms with E-state index in [2.05, 4.69) is 0 Å². The summed E-state index contributed by atoms with van der Waals surface area (Å²) in [5.41, 5.74) is 0. The molecule has 0 aliphatic rings. The van der Waals surface area contributed by atoms with Gasteiger partial charge in [-0.2, -0.15) is 0 Å². The second-order valence-electron chi connectivity index (χ2n) is 3.50. The lowest BCUT2D eigenvalue weighted by Gasteiger charge is -2.14. The Kier molecular flexibility index (Phi) is 5.33. The Morgan fingerprint density at radius 2 is 1.87 bits per heavy atom. The summed E-state index contributed by atoms with van der Waals surface area (Å²) in [5, 5.41) is 0. The smallest absolute Gasteiger partial charge is 0.161 e. The third kappa shape index (κ3) is 4.43. The Bertz CT molecular complexity index is 287. The maximum absolute atomic E-state index is 5.62. The third-order valence-electron chi connectivity index (χ3n) is 1.75. The Balaban J connectivity index is 2.60. The van der Waals surface area contributed by atoms with Crippen molar-refractivity contribution in [1.29, 1.82) is 0 Å². The van der Waals surface area contributed by atoms with Crippen LogP contribution in [0.15, 0.2) is 24.3 Å². The molecule has 0 heterocycles. The van der Waals surface area contributed by atoms with E-state index in [4.69, 9.17) is 21.1 Å². The Hall–Kier alpha value is -0.890. The summed E-state index contributed by atoms with van der Waals surface area (Å²) in [4.78, 5) is 0. The summed E-state index contributed by atoms with van der Waals surface area (Å²) in [6.07, 6.45) is 1.00. The molecule has 0 unspecified atom stereocenters. The number of alkyl halides is 1. The minimum Gasteiger partial charge on any atom is -0.490 e. The predicted octanol–water partition coefficient (Wildman–Crippen LogP) is 3.48. The zero-order valence-electron chi connectivity index (χ0n) is 9.20. The first kappa shape index (κ1) is 12.2. The molecule has 84 valence electrons. The van der Waals surface area contributed by atoms with Gasteiger partial charge in [-0.3, -0.25) is 0 Å². The summed E-state index contributed by atoms with van der Waals surface area (Å²) in [6.45, 7) is 4.62. The molecule has 0 spiro atoms. The van der Waals surface area contributed by atoms with Crippen LogP contribution in [0.25, 0.3) is 0 Å². The van der Waals surface area contributed by atoms with Crippen LogP contribution in [0, 0.1) is 0 Å². The van der Waals surface area contributed by atoms with Crippen LogP contribution in [-0.2, 0) is 0 Å². The molecule has 0 radical (unpaired) electrons. The van der Waals surface area contributed by atoms with E-state index in [9.17, 15) is 0 Å². The molecule has 0 bridgehead atoms. The maximum Gasteiger partial charge on any atom is 0.161 e. The molecule has 0 atom stereocenters. The van der Waals surface area contributed by atoms with Crippen molar-refractivity contribution in [1.82, 2.24) is 0 Å². The van der Waals surface area contributed by atoms with Gasteiger partial charge in [-0.25, -0.2) is 0 Å². The number of hydrogen-bond acceptors (Lipinski definition) is 2. The molecule has 0 amide bonds. The van der Waals surface area contributed by atoms with E-state index < -0.39 is 0 Å².